The SMILES string of the molecule is CCOc1ccc2c(CO)coc2c1. The monoisotopic (exact) mass is 192 g/mol. The van der Waals surface area contributed by atoms with Gasteiger partial charge in [0.1, 0.15) is 11.3 Å². The molecule has 0 amide bonds. The van der Waals surface area contributed by atoms with Gasteiger partial charge in [0.25, 0.3) is 0 Å². The summed E-state index contributed by atoms with van der Waals surface area (Å²) in [6.07, 6.45) is 1.57. The second-order valence-electron chi connectivity index (χ2n) is 3.01. The molecule has 0 radical (unpaired) electrons. The second kappa shape index (κ2) is 3.72. The number of benzene rings is 1. The largest absolute Gasteiger partial charge is 0.494 e. The summed E-state index contributed by atoms with van der Waals surface area (Å²) in [5.74, 6) is 0.791. The van der Waals surface area contributed by atoms with Crippen molar-refractivity contribution in [2.75, 3.05) is 6.61 Å². The smallest absolute Gasteiger partial charge is 0.137 e. The molecule has 1 aromatic carbocycles. The average molecular weight is 192 g/mol. The third-order valence-electron chi connectivity index (χ3n) is 2.11. The van der Waals surface area contributed by atoms with E-state index in [2.05, 4.69) is 0 Å². The molecule has 0 saturated heterocycles. The van der Waals surface area contributed by atoms with Crippen LogP contribution in [0.5, 0.6) is 5.75 Å². The molecule has 3 heteroatoms. The van der Waals surface area contributed by atoms with E-state index in [0.29, 0.717) is 6.61 Å². The minimum absolute atomic E-state index is 0.000974. The Morgan fingerprint density at radius 2 is 2.29 bits per heavy atom. The van der Waals surface area contributed by atoms with Gasteiger partial charge in [0, 0.05) is 17.0 Å². The molecule has 1 aromatic heterocycles. The summed E-state index contributed by atoms with van der Waals surface area (Å²) in [4.78, 5) is 0. The highest BCUT2D eigenvalue weighted by molar-refractivity contribution is 5.82. The van der Waals surface area contributed by atoms with Crippen molar-refractivity contribution >= 4 is 11.0 Å². The Labute approximate surface area is 81.9 Å². The van der Waals surface area contributed by atoms with Crippen LogP contribution in [0, 0.1) is 0 Å². The number of aliphatic hydroxyl groups is 1. The molecule has 0 bridgehead atoms. The van der Waals surface area contributed by atoms with Crippen LogP contribution in [0.3, 0.4) is 0 Å². The lowest BCUT2D eigenvalue weighted by molar-refractivity contribution is 0.281. The molecule has 2 aromatic rings. The quantitative estimate of drug-likeness (QED) is 0.811. The summed E-state index contributed by atoms with van der Waals surface area (Å²) in [5.41, 5.74) is 1.56. The Hall–Kier alpha value is -1.48. The van der Waals surface area contributed by atoms with Gasteiger partial charge in [-0.1, -0.05) is 0 Å². The molecule has 0 spiro atoms. The van der Waals surface area contributed by atoms with Gasteiger partial charge in [0.15, 0.2) is 0 Å². The zero-order valence-corrected chi connectivity index (χ0v) is 7.99. The molecular formula is C11H12O3. The van der Waals surface area contributed by atoms with Crippen molar-refractivity contribution < 1.29 is 14.3 Å². The van der Waals surface area contributed by atoms with Crippen LogP contribution in [0.25, 0.3) is 11.0 Å². The van der Waals surface area contributed by atoms with Gasteiger partial charge in [-0.15, -0.1) is 0 Å². The number of ether oxygens (including phenoxy) is 1. The van der Waals surface area contributed by atoms with Crippen LogP contribution in [-0.4, -0.2) is 11.7 Å². The fourth-order valence-electron chi connectivity index (χ4n) is 1.44. The van der Waals surface area contributed by atoms with Crippen LogP contribution < -0.4 is 4.74 Å². The van der Waals surface area contributed by atoms with Crippen molar-refractivity contribution in [1.82, 2.24) is 0 Å². The number of hydrogen-bond donors (Lipinski definition) is 1. The first kappa shape index (κ1) is 9.09. The van der Waals surface area contributed by atoms with Gasteiger partial charge in [-0.3, -0.25) is 0 Å². The predicted octanol–water partition coefficient (Wildman–Crippen LogP) is 2.32. The van der Waals surface area contributed by atoms with Gasteiger partial charge in [-0.25, -0.2) is 0 Å². The summed E-state index contributed by atoms with van der Waals surface area (Å²) >= 11 is 0. The summed E-state index contributed by atoms with van der Waals surface area (Å²) in [7, 11) is 0. The topological polar surface area (TPSA) is 42.6 Å². The molecule has 0 aliphatic carbocycles. The summed E-state index contributed by atoms with van der Waals surface area (Å²) in [5, 5.41) is 9.95. The van der Waals surface area contributed by atoms with E-state index >= 15 is 0 Å². The molecule has 0 aliphatic rings. The minimum Gasteiger partial charge on any atom is -0.494 e. The van der Waals surface area contributed by atoms with E-state index in [9.17, 15) is 0 Å². The van der Waals surface area contributed by atoms with Crippen LogP contribution in [0.4, 0.5) is 0 Å². The van der Waals surface area contributed by atoms with E-state index in [-0.39, 0.29) is 6.61 Å². The van der Waals surface area contributed by atoms with Crippen LogP contribution >= 0.6 is 0 Å². The van der Waals surface area contributed by atoms with Crippen LogP contribution in [-0.2, 0) is 6.61 Å². The van der Waals surface area contributed by atoms with Gasteiger partial charge in [0.05, 0.1) is 19.5 Å². The number of fused-ring (bicyclic) bond motifs is 1. The lowest BCUT2D eigenvalue weighted by atomic mass is 10.2. The zero-order chi connectivity index (χ0) is 9.97. The van der Waals surface area contributed by atoms with Gasteiger partial charge < -0.3 is 14.3 Å². The van der Waals surface area contributed by atoms with Gasteiger partial charge in [-0.2, -0.15) is 0 Å². The van der Waals surface area contributed by atoms with Crippen molar-refractivity contribution in [3.63, 3.8) is 0 Å². The molecular weight excluding hydrogens is 180 g/mol. The highest BCUT2D eigenvalue weighted by Gasteiger charge is 2.05. The fourth-order valence-corrected chi connectivity index (χ4v) is 1.44. The van der Waals surface area contributed by atoms with Crippen molar-refractivity contribution in [2.45, 2.75) is 13.5 Å². The first-order chi connectivity index (χ1) is 6.85. The van der Waals surface area contributed by atoms with Crippen molar-refractivity contribution in [1.29, 1.82) is 0 Å². The normalized spacial score (nSPS) is 10.7. The highest BCUT2D eigenvalue weighted by atomic mass is 16.5. The van der Waals surface area contributed by atoms with Crippen LogP contribution in [0.2, 0.25) is 0 Å². The van der Waals surface area contributed by atoms with Crippen molar-refractivity contribution in [2.24, 2.45) is 0 Å². The highest BCUT2D eigenvalue weighted by Crippen LogP contribution is 2.25. The predicted molar refractivity (Wildman–Crippen MR) is 53.3 cm³/mol. The van der Waals surface area contributed by atoms with E-state index in [4.69, 9.17) is 14.3 Å². The maximum absolute atomic E-state index is 9.01. The third kappa shape index (κ3) is 1.46. The molecule has 0 fully saturated rings. The number of hydrogen-bond acceptors (Lipinski definition) is 3. The molecule has 1 heterocycles. The zero-order valence-electron chi connectivity index (χ0n) is 7.99. The Balaban J connectivity index is 2.46. The van der Waals surface area contributed by atoms with Gasteiger partial charge in [0.2, 0.25) is 0 Å². The van der Waals surface area contributed by atoms with E-state index in [0.717, 1.165) is 22.3 Å². The molecule has 0 unspecified atom stereocenters. The van der Waals surface area contributed by atoms with Crippen LogP contribution in [0.15, 0.2) is 28.9 Å². The molecule has 0 atom stereocenters. The Morgan fingerprint density at radius 3 is 3.00 bits per heavy atom. The average Bonchev–Trinajstić information content (AvgIpc) is 2.60. The molecule has 74 valence electrons. The van der Waals surface area contributed by atoms with Gasteiger partial charge >= 0.3 is 0 Å². The molecule has 14 heavy (non-hydrogen) atoms. The standard InChI is InChI=1S/C11H12O3/c1-2-13-9-3-4-10-8(6-12)7-14-11(10)5-9/h3-5,7,12H,2,6H2,1H3. The maximum Gasteiger partial charge on any atom is 0.137 e. The lowest BCUT2D eigenvalue weighted by Gasteiger charge is -2.01. The van der Waals surface area contributed by atoms with E-state index in [1.54, 1.807) is 6.26 Å². The Kier molecular flexibility index (Phi) is 2.41. The molecule has 2 rings (SSSR count). The Bertz CT molecular complexity index is 431. The van der Waals surface area contributed by atoms with Crippen molar-refractivity contribution in [3.8, 4) is 5.75 Å². The van der Waals surface area contributed by atoms with E-state index < -0.39 is 0 Å². The first-order valence-corrected chi connectivity index (χ1v) is 4.59. The van der Waals surface area contributed by atoms with E-state index in [1.807, 2.05) is 25.1 Å². The number of rotatable bonds is 3. The maximum atomic E-state index is 9.01. The number of furan rings is 1. The first-order valence-electron chi connectivity index (χ1n) is 4.59. The van der Waals surface area contributed by atoms with Gasteiger partial charge in [-0.05, 0) is 19.1 Å². The molecule has 3 nitrogen and oxygen atoms in total. The second-order valence-corrected chi connectivity index (χ2v) is 3.01. The number of aliphatic hydroxyl groups excluding tert-OH is 1. The summed E-state index contributed by atoms with van der Waals surface area (Å²) in [6, 6.07) is 5.61. The fraction of sp³-hybridized carbons (Fsp3) is 0.273. The van der Waals surface area contributed by atoms with Crippen LogP contribution in [0.1, 0.15) is 12.5 Å². The van der Waals surface area contributed by atoms with E-state index in [1.165, 1.54) is 0 Å². The summed E-state index contributed by atoms with van der Waals surface area (Å²) < 4.78 is 10.6. The Morgan fingerprint density at radius 1 is 1.43 bits per heavy atom. The molecule has 0 saturated carbocycles. The summed E-state index contributed by atoms with van der Waals surface area (Å²) in [6.45, 7) is 2.57. The lowest BCUT2D eigenvalue weighted by Crippen LogP contribution is -1.90. The molecule has 0 aliphatic heterocycles. The third-order valence-corrected chi connectivity index (χ3v) is 2.11. The molecule has 1 N–H and O–H groups in total. The minimum atomic E-state index is 0.000974. The van der Waals surface area contributed by atoms with Crippen molar-refractivity contribution in [3.05, 3.63) is 30.0 Å².